The van der Waals surface area contributed by atoms with Crippen molar-refractivity contribution in [2.45, 2.75) is 13.8 Å². The highest BCUT2D eigenvalue weighted by Crippen LogP contribution is 2.21. The van der Waals surface area contributed by atoms with Crippen molar-refractivity contribution in [3.63, 3.8) is 0 Å². The summed E-state index contributed by atoms with van der Waals surface area (Å²) >= 11 is 0. The Bertz CT molecular complexity index is 838. The van der Waals surface area contributed by atoms with E-state index in [4.69, 9.17) is 0 Å². The summed E-state index contributed by atoms with van der Waals surface area (Å²) in [5.74, 6) is 0.377. The smallest absolute Gasteiger partial charge is 0.258 e. The van der Waals surface area contributed by atoms with Gasteiger partial charge in [-0.15, -0.1) is 0 Å². The lowest BCUT2D eigenvalue weighted by Crippen LogP contribution is -2.24. The number of para-hydroxylation sites is 1. The number of carbonyl (C=O) groups is 1. The van der Waals surface area contributed by atoms with E-state index in [1.54, 1.807) is 18.6 Å². The number of fused-ring (bicyclic) bond motifs is 1. The molecular formula is C18H19N5O. The van der Waals surface area contributed by atoms with E-state index in [2.05, 4.69) is 20.3 Å². The molecule has 0 aliphatic rings. The van der Waals surface area contributed by atoms with Gasteiger partial charge in [0.25, 0.3) is 5.91 Å². The van der Waals surface area contributed by atoms with Crippen LogP contribution in [-0.4, -0.2) is 33.9 Å². The predicted molar refractivity (Wildman–Crippen MR) is 95.3 cm³/mol. The van der Waals surface area contributed by atoms with Gasteiger partial charge in [-0.05, 0) is 26.0 Å². The minimum Gasteiger partial charge on any atom is -0.341 e. The van der Waals surface area contributed by atoms with Crippen LogP contribution in [0.2, 0.25) is 0 Å². The molecule has 0 fully saturated rings. The number of aromatic nitrogens is 3. The van der Waals surface area contributed by atoms with Crippen LogP contribution >= 0.6 is 0 Å². The molecule has 1 amide bonds. The number of pyridine rings is 1. The maximum atomic E-state index is 12.4. The van der Waals surface area contributed by atoms with Crippen molar-refractivity contribution >= 4 is 28.4 Å². The lowest BCUT2D eigenvalue weighted by atomic mass is 10.2. The molecule has 2 aromatic heterocycles. The summed E-state index contributed by atoms with van der Waals surface area (Å²) in [6.45, 7) is 5.73. The molecule has 0 aliphatic heterocycles. The zero-order valence-corrected chi connectivity index (χ0v) is 13.7. The van der Waals surface area contributed by atoms with Crippen molar-refractivity contribution in [1.82, 2.24) is 15.0 Å². The van der Waals surface area contributed by atoms with Crippen molar-refractivity contribution in [3.8, 4) is 0 Å². The molecule has 0 atom stereocenters. The van der Waals surface area contributed by atoms with Crippen LogP contribution in [0, 0.1) is 0 Å². The van der Waals surface area contributed by atoms with Gasteiger partial charge in [0.2, 0.25) is 5.95 Å². The number of hydrogen-bond acceptors (Lipinski definition) is 5. The molecule has 3 aromatic rings. The second kappa shape index (κ2) is 7.04. The minimum atomic E-state index is -0.251. The van der Waals surface area contributed by atoms with E-state index >= 15 is 0 Å². The van der Waals surface area contributed by atoms with Crippen molar-refractivity contribution in [3.05, 3.63) is 54.5 Å². The summed E-state index contributed by atoms with van der Waals surface area (Å²) in [5.41, 5.74) is 1.85. The van der Waals surface area contributed by atoms with Gasteiger partial charge in [0, 0.05) is 37.1 Å². The number of carbonyl (C=O) groups excluding carboxylic acids is 1. The molecule has 0 saturated carbocycles. The SMILES string of the molecule is CCN(CC)c1ncc(C(=O)Nc2cccc3cccnc23)cn1. The Morgan fingerprint density at radius 2 is 1.75 bits per heavy atom. The fourth-order valence-electron chi connectivity index (χ4n) is 2.51. The van der Waals surface area contributed by atoms with Crippen LogP contribution in [0.1, 0.15) is 24.2 Å². The fraction of sp³-hybridized carbons (Fsp3) is 0.222. The van der Waals surface area contributed by atoms with Gasteiger partial charge in [-0.1, -0.05) is 18.2 Å². The summed E-state index contributed by atoms with van der Waals surface area (Å²) in [6, 6.07) is 9.51. The third kappa shape index (κ3) is 3.17. The zero-order chi connectivity index (χ0) is 16.9. The first-order chi connectivity index (χ1) is 11.7. The highest BCUT2D eigenvalue weighted by Gasteiger charge is 2.11. The van der Waals surface area contributed by atoms with Crippen LogP contribution < -0.4 is 10.2 Å². The van der Waals surface area contributed by atoms with Gasteiger partial charge in [-0.25, -0.2) is 9.97 Å². The quantitative estimate of drug-likeness (QED) is 0.782. The van der Waals surface area contributed by atoms with Crippen molar-refractivity contribution in [2.24, 2.45) is 0 Å². The molecule has 0 aliphatic carbocycles. The predicted octanol–water partition coefficient (Wildman–Crippen LogP) is 3.12. The van der Waals surface area contributed by atoms with Gasteiger partial charge < -0.3 is 10.2 Å². The molecule has 0 bridgehead atoms. The van der Waals surface area contributed by atoms with Gasteiger partial charge in [0.1, 0.15) is 0 Å². The Morgan fingerprint density at radius 3 is 2.46 bits per heavy atom. The molecular weight excluding hydrogens is 302 g/mol. The molecule has 6 nitrogen and oxygen atoms in total. The highest BCUT2D eigenvalue weighted by atomic mass is 16.1. The number of nitrogens with one attached hydrogen (secondary N) is 1. The maximum Gasteiger partial charge on any atom is 0.258 e. The van der Waals surface area contributed by atoms with E-state index in [0.29, 0.717) is 17.2 Å². The number of benzene rings is 1. The van der Waals surface area contributed by atoms with E-state index in [1.807, 2.05) is 49.1 Å². The molecule has 6 heteroatoms. The first kappa shape index (κ1) is 15.9. The summed E-state index contributed by atoms with van der Waals surface area (Å²) in [5, 5.41) is 3.86. The number of nitrogens with zero attached hydrogens (tertiary/aromatic N) is 4. The Labute approximate surface area is 140 Å². The molecule has 1 aromatic carbocycles. The number of anilines is 2. The van der Waals surface area contributed by atoms with E-state index < -0.39 is 0 Å². The molecule has 122 valence electrons. The third-order valence-corrected chi connectivity index (χ3v) is 3.83. The lowest BCUT2D eigenvalue weighted by molar-refractivity contribution is 0.102. The first-order valence-corrected chi connectivity index (χ1v) is 7.95. The Balaban J connectivity index is 1.82. The summed E-state index contributed by atoms with van der Waals surface area (Å²) in [6.07, 6.45) is 4.81. The van der Waals surface area contributed by atoms with Crippen LogP contribution in [0.3, 0.4) is 0 Å². The molecule has 0 spiro atoms. The maximum absolute atomic E-state index is 12.4. The van der Waals surface area contributed by atoms with Crippen LogP contribution in [0.15, 0.2) is 48.9 Å². The van der Waals surface area contributed by atoms with E-state index in [0.717, 1.165) is 24.0 Å². The normalized spacial score (nSPS) is 10.6. The Hall–Kier alpha value is -3.02. The molecule has 3 rings (SSSR count). The van der Waals surface area contributed by atoms with Crippen molar-refractivity contribution < 1.29 is 4.79 Å². The summed E-state index contributed by atoms with van der Waals surface area (Å²) in [7, 11) is 0. The number of hydrogen-bond donors (Lipinski definition) is 1. The third-order valence-electron chi connectivity index (χ3n) is 3.83. The van der Waals surface area contributed by atoms with Gasteiger partial charge in [-0.2, -0.15) is 0 Å². The summed E-state index contributed by atoms with van der Waals surface area (Å²) in [4.78, 5) is 27.4. The largest absolute Gasteiger partial charge is 0.341 e. The zero-order valence-electron chi connectivity index (χ0n) is 13.7. The second-order valence-corrected chi connectivity index (χ2v) is 5.28. The van der Waals surface area contributed by atoms with E-state index in [9.17, 15) is 4.79 Å². The standard InChI is InChI=1S/C18H19N5O/c1-3-23(4-2)18-20-11-14(12-21-18)17(24)22-15-9-5-7-13-8-6-10-19-16(13)15/h5-12H,3-4H2,1-2H3,(H,22,24). The monoisotopic (exact) mass is 321 g/mol. The second-order valence-electron chi connectivity index (χ2n) is 5.28. The Kier molecular flexibility index (Phi) is 4.65. The molecule has 0 radical (unpaired) electrons. The molecule has 2 heterocycles. The number of rotatable bonds is 5. The lowest BCUT2D eigenvalue weighted by Gasteiger charge is -2.18. The van der Waals surface area contributed by atoms with Gasteiger partial charge in [0.05, 0.1) is 16.8 Å². The molecule has 0 unspecified atom stereocenters. The van der Waals surface area contributed by atoms with Gasteiger partial charge in [0.15, 0.2) is 0 Å². The Morgan fingerprint density at radius 1 is 1.04 bits per heavy atom. The number of amides is 1. The van der Waals surface area contributed by atoms with E-state index in [-0.39, 0.29) is 5.91 Å². The molecule has 1 N–H and O–H groups in total. The average Bonchev–Trinajstić information content (AvgIpc) is 2.63. The molecule has 24 heavy (non-hydrogen) atoms. The van der Waals surface area contributed by atoms with Crippen LogP contribution in [0.4, 0.5) is 11.6 Å². The first-order valence-electron chi connectivity index (χ1n) is 7.95. The van der Waals surface area contributed by atoms with Crippen LogP contribution in [0.5, 0.6) is 0 Å². The molecule has 0 saturated heterocycles. The van der Waals surface area contributed by atoms with Crippen LogP contribution in [0.25, 0.3) is 10.9 Å². The van der Waals surface area contributed by atoms with Crippen molar-refractivity contribution in [1.29, 1.82) is 0 Å². The average molecular weight is 321 g/mol. The van der Waals surface area contributed by atoms with Crippen molar-refractivity contribution in [2.75, 3.05) is 23.3 Å². The minimum absolute atomic E-state index is 0.251. The topological polar surface area (TPSA) is 71.0 Å². The fourth-order valence-corrected chi connectivity index (χ4v) is 2.51. The summed E-state index contributed by atoms with van der Waals surface area (Å²) < 4.78 is 0. The van der Waals surface area contributed by atoms with Gasteiger partial charge in [-0.3, -0.25) is 9.78 Å². The van der Waals surface area contributed by atoms with Crippen LogP contribution in [-0.2, 0) is 0 Å². The van der Waals surface area contributed by atoms with Gasteiger partial charge >= 0.3 is 0 Å². The van der Waals surface area contributed by atoms with E-state index in [1.165, 1.54) is 0 Å². The highest BCUT2D eigenvalue weighted by molar-refractivity contribution is 6.08.